The van der Waals surface area contributed by atoms with E-state index in [1.807, 2.05) is 6.07 Å². The zero-order valence-electron chi connectivity index (χ0n) is 13.0. The van der Waals surface area contributed by atoms with Crippen molar-refractivity contribution >= 4 is 5.91 Å². The number of carbonyl (C=O) groups is 1. The fourth-order valence-electron chi connectivity index (χ4n) is 1.98. The number of unbranched alkanes of at least 4 members (excludes halogenated alkanes) is 1. The molecule has 1 aromatic rings. The average molecular weight is 276 g/mol. The normalized spacial score (nSPS) is 11.3. The van der Waals surface area contributed by atoms with E-state index in [1.54, 1.807) is 0 Å². The van der Waals surface area contributed by atoms with Gasteiger partial charge >= 0.3 is 0 Å². The van der Waals surface area contributed by atoms with E-state index in [2.05, 4.69) is 55.7 Å². The summed E-state index contributed by atoms with van der Waals surface area (Å²) in [6, 6.07) is 10.5. The van der Waals surface area contributed by atoms with Crippen LogP contribution in [0.15, 0.2) is 30.3 Å². The summed E-state index contributed by atoms with van der Waals surface area (Å²) in [7, 11) is 0. The Balaban J connectivity index is 2.25. The summed E-state index contributed by atoms with van der Waals surface area (Å²) in [5.74, 6) is 0.0891. The molecule has 0 aliphatic heterocycles. The summed E-state index contributed by atoms with van der Waals surface area (Å²) < 4.78 is 0. The Bertz CT molecular complexity index is 387. The van der Waals surface area contributed by atoms with Crippen molar-refractivity contribution in [2.24, 2.45) is 0 Å². The summed E-state index contributed by atoms with van der Waals surface area (Å²) in [5.41, 5.74) is 1.31. The number of aryl methyl sites for hydroxylation is 1. The maximum absolute atomic E-state index is 11.7. The first kappa shape index (κ1) is 16.7. The van der Waals surface area contributed by atoms with Crippen LogP contribution in [0.5, 0.6) is 0 Å². The summed E-state index contributed by atoms with van der Waals surface area (Å²) in [6.07, 6.45) is 4.19. The predicted octanol–water partition coefficient (Wildman–Crippen LogP) is 2.90. The molecule has 0 fully saturated rings. The van der Waals surface area contributed by atoms with Gasteiger partial charge in [-0.05, 0) is 38.7 Å². The van der Waals surface area contributed by atoms with Gasteiger partial charge in [-0.3, -0.25) is 4.79 Å². The molecule has 1 amide bonds. The van der Waals surface area contributed by atoms with Crippen LogP contribution in [0.1, 0.15) is 45.6 Å². The molecule has 0 heterocycles. The van der Waals surface area contributed by atoms with Gasteiger partial charge in [-0.25, -0.2) is 0 Å². The van der Waals surface area contributed by atoms with Gasteiger partial charge in [0.1, 0.15) is 0 Å². The van der Waals surface area contributed by atoms with Gasteiger partial charge in [0.15, 0.2) is 0 Å². The Morgan fingerprint density at radius 3 is 2.55 bits per heavy atom. The lowest BCUT2D eigenvalue weighted by molar-refractivity contribution is -0.120. The Labute approximate surface area is 123 Å². The molecule has 1 aromatic carbocycles. The van der Waals surface area contributed by atoms with Crippen molar-refractivity contribution in [1.29, 1.82) is 0 Å². The third kappa shape index (κ3) is 7.29. The Hall–Kier alpha value is -1.35. The van der Waals surface area contributed by atoms with Gasteiger partial charge in [0.05, 0.1) is 6.54 Å². The van der Waals surface area contributed by atoms with E-state index < -0.39 is 0 Å². The van der Waals surface area contributed by atoms with Gasteiger partial charge in [-0.15, -0.1) is 0 Å². The molecule has 0 aliphatic carbocycles. The quantitative estimate of drug-likeness (QED) is 0.681. The standard InChI is InChI=1S/C17H28N2O/c1-4-5-13-18-16(20)14-19-17(2,3)12-11-15-9-7-6-8-10-15/h6-10,19H,4-5,11-14H2,1-3H3,(H,18,20). The summed E-state index contributed by atoms with van der Waals surface area (Å²) in [6.45, 7) is 7.59. The van der Waals surface area contributed by atoms with Crippen molar-refractivity contribution in [2.45, 2.75) is 52.0 Å². The van der Waals surface area contributed by atoms with Crippen molar-refractivity contribution in [3.63, 3.8) is 0 Å². The fourth-order valence-corrected chi connectivity index (χ4v) is 1.98. The second-order valence-electron chi connectivity index (χ2n) is 5.93. The zero-order chi connectivity index (χ0) is 14.8. The van der Waals surface area contributed by atoms with Crippen LogP contribution in [0.3, 0.4) is 0 Å². The molecule has 0 bridgehead atoms. The number of carbonyl (C=O) groups excluding carboxylic acids is 1. The van der Waals surface area contributed by atoms with Crippen LogP contribution in [-0.2, 0) is 11.2 Å². The molecular formula is C17H28N2O. The van der Waals surface area contributed by atoms with Crippen molar-refractivity contribution in [1.82, 2.24) is 10.6 Å². The summed E-state index contributed by atoms with van der Waals surface area (Å²) in [5, 5.41) is 6.27. The second kappa shape index (κ2) is 8.75. The molecule has 0 unspecified atom stereocenters. The minimum absolute atomic E-state index is 0.0298. The molecule has 3 heteroatoms. The number of rotatable bonds is 9. The molecule has 1 rings (SSSR count). The molecule has 3 nitrogen and oxygen atoms in total. The molecule has 112 valence electrons. The molecule has 0 saturated heterocycles. The van der Waals surface area contributed by atoms with Crippen LogP contribution in [0.25, 0.3) is 0 Å². The number of nitrogens with one attached hydrogen (secondary N) is 2. The number of benzene rings is 1. The first-order chi connectivity index (χ1) is 9.53. The summed E-state index contributed by atoms with van der Waals surface area (Å²) in [4.78, 5) is 11.7. The number of amides is 1. The largest absolute Gasteiger partial charge is 0.355 e. The maximum Gasteiger partial charge on any atom is 0.233 e. The van der Waals surface area contributed by atoms with E-state index in [0.29, 0.717) is 6.54 Å². The van der Waals surface area contributed by atoms with Crippen LogP contribution >= 0.6 is 0 Å². The smallest absolute Gasteiger partial charge is 0.233 e. The van der Waals surface area contributed by atoms with Gasteiger partial charge in [0, 0.05) is 12.1 Å². The Morgan fingerprint density at radius 2 is 1.90 bits per heavy atom. The second-order valence-corrected chi connectivity index (χ2v) is 5.93. The third-order valence-electron chi connectivity index (χ3n) is 3.46. The minimum atomic E-state index is -0.0298. The van der Waals surface area contributed by atoms with E-state index in [-0.39, 0.29) is 11.4 Å². The highest BCUT2D eigenvalue weighted by atomic mass is 16.1. The highest BCUT2D eigenvalue weighted by Crippen LogP contribution is 2.13. The number of hydrogen-bond acceptors (Lipinski definition) is 2. The van der Waals surface area contributed by atoms with Crippen molar-refractivity contribution in [3.05, 3.63) is 35.9 Å². The van der Waals surface area contributed by atoms with E-state index in [1.165, 1.54) is 5.56 Å². The monoisotopic (exact) mass is 276 g/mol. The Morgan fingerprint density at radius 1 is 1.20 bits per heavy atom. The summed E-state index contributed by atoms with van der Waals surface area (Å²) >= 11 is 0. The van der Waals surface area contributed by atoms with Crippen LogP contribution in [0, 0.1) is 0 Å². The molecule has 0 atom stereocenters. The van der Waals surface area contributed by atoms with Crippen molar-refractivity contribution in [2.75, 3.05) is 13.1 Å². The average Bonchev–Trinajstić information content (AvgIpc) is 2.45. The molecule has 0 saturated carbocycles. The SMILES string of the molecule is CCCCNC(=O)CNC(C)(C)CCc1ccccc1. The fraction of sp³-hybridized carbons (Fsp3) is 0.588. The van der Waals surface area contributed by atoms with Crippen LogP contribution in [0.4, 0.5) is 0 Å². The van der Waals surface area contributed by atoms with Crippen molar-refractivity contribution in [3.8, 4) is 0 Å². The lowest BCUT2D eigenvalue weighted by Gasteiger charge is -2.26. The van der Waals surface area contributed by atoms with E-state index >= 15 is 0 Å². The van der Waals surface area contributed by atoms with Gasteiger partial charge in [-0.1, -0.05) is 43.7 Å². The first-order valence-corrected chi connectivity index (χ1v) is 7.59. The van der Waals surface area contributed by atoms with Crippen LogP contribution < -0.4 is 10.6 Å². The maximum atomic E-state index is 11.7. The minimum Gasteiger partial charge on any atom is -0.355 e. The Kier molecular flexibility index (Phi) is 7.31. The predicted molar refractivity (Wildman–Crippen MR) is 84.8 cm³/mol. The molecule has 20 heavy (non-hydrogen) atoms. The molecule has 0 spiro atoms. The lowest BCUT2D eigenvalue weighted by atomic mass is 9.95. The van der Waals surface area contributed by atoms with Crippen molar-refractivity contribution < 1.29 is 4.79 Å². The molecular weight excluding hydrogens is 248 g/mol. The van der Waals surface area contributed by atoms with E-state index in [0.717, 1.165) is 32.2 Å². The number of hydrogen-bond donors (Lipinski definition) is 2. The third-order valence-corrected chi connectivity index (χ3v) is 3.46. The molecule has 0 aliphatic rings. The van der Waals surface area contributed by atoms with Gasteiger partial charge in [0.2, 0.25) is 5.91 Å². The topological polar surface area (TPSA) is 41.1 Å². The molecule has 2 N–H and O–H groups in total. The van der Waals surface area contributed by atoms with Gasteiger partial charge in [-0.2, -0.15) is 0 Å². The molecule has 0 radical (unpaired) electrons. The first-order valence-electron chi connectivity index (χ1n) is 7.59. The van der Waals surface area contributed by atoms with Crippen LogP contribution in [-0.4, -0.2) is 24.5 Å². The lowest BCUT2D eigenvalue weighted by Crippen LogP contribution is -2.45. The van der Waals surface area contributed by atoms with E-state index in [9.17, 15) is 4.79 Å². The zero-order valence-corrected chi connectivity index (χ0v) is 13.0. The highest BCUT2D eigenvalue weighted by molar-refractivity contribution is 5.78. The molecule has 0 aromatic heterocycles. The van der Waals surface area contributed by atoms with Gasteiger partial charge in [0.25, 0.3) is 0 Å². The highest BCUT2D eigenvalue weighted by Gasteiger charge is 2.17. The van der Waals surface area contributed by atoms with E-state index in [4.69, 9.17) is 0 Å². The van der Waals surface area contributed by atoms with Gasteiger partial charge < -0.3 is 10.6 Å². The van der Waals surface area contributed by atoms with Crippen LogP contribution in [0.2, 0.25) is 0 Å².